The first-order chi connectivity index (χ1) is 9.70. The Hall–Kier alpha value is -1.02. The van der Waals surface area contributed by atoms with E-state index in [-0.39, 0.29) is 0 Å². The predicted octanol–water partition coefficient (Wildman–Crippen LogP) is 3.84. The van der Waals surface area contributed by atoms with E-state index in [1.165, 1.54) is 49.9 Å². The molecule has 1 aromatic carbocycles. The SMILES string of the molecule is CC(C)CC(CN)CCN1CCCCc2ccccc21. The van der Waals surface area contributed by atoms with Crippen molar-refractivity contribution in [3.05, 3.63) is 29.8 Å². The Labute approximate surface area is 124 Å². The average molecular weight is 274 g/mol. The monoisotopic (exact) mass is 274 g/mol. The van der Waals surface area contributed by atoms with Crippen molar-refractivity contribution in [2.75, 3.05) is 24.5 Å². The molecule has 0 aliphatic carbocycles. The van der Waals surface area contributed by atoms with Crippen LogP contribution in [0, 0.1) is 11.8 Å². The summed E-state index contributed by atoms with van der Waals surface area (Å²) in [4.78, 5) is 2.59. The summed E-state index contributed by atoms with van der Waals surface area (Å²) in [6.07, 6.45) is 6.35. The van der Waals surface area contributed by atoms with Crippen molar-refractivity contribution in [1.82, 2.24) is 0 Å². The maximum atomic E-state index is 5.94. The van der Waals surface area contributed by atoms with Gasteiger partial charge >= 0.3 is 0 Å². The number of rotatable bonds is 6. The summed E-state index contributed by atoms with van der Waals surface area (Å²) in [5, 5.41) is 0. The molecule has 1 aliphatic rings. The van der Waals surface area contributed by atoms with E-state index < -0.39 is 0 Å². The van der Waals surface area contributed by atoms with Gasteiger partial charge in [-0.05, 0) is 62.1 Å². The zero-order chi connectivity index (χ0) is 14.4. The highest BCUT2D eigenvalue weighted by Gasteiger charge is 2.16. The standard InChI is InChI=1S/C18H30N2/c1-15(2)13-16(14-19)10-12-20-11-6-5-8-17-7-3-4-9-18(17)20/h3-4,7,9,15-16H,5-6,8,10-14,19H2,1-2H3. The minimum absolute atomic E-state index is 0.672. The van der Waals surface area contributed by atoms with Gasteiger partial charge in [0.05, 0.1) is 0 Å². The van der Waals surface area contributed by atoms with E-state index in [1.807, 2.05) is 0 Å². The van der Waals surface area contributed by atoms with Crippen LogP contribution in [0.15, 0.2) is 24.3 Å². The molecule has 0 radical (unpaired) electrons. The fourth-order valence-corrected chi connectivity index (χ4v) is 3.34. The van der Waals surface area contributed by atoms with Crippen molar-refractivity contribution in [1.29, 1.82) is 0 Å². The number of para-hydroxylation sites is 1. The Morgan fingerprint density at radius 2 is 2.00 bits per heavy atom. The van der Waals surface area contributed by atoms with Crippen molar-refractivity contribution < 1.29 is 0 Å². The fraction of sp³-hybridized carbons (Fsp3) is 0.667. The first kappa shape index (κ1) is 15.4. The molecule has 0 bridgehead atoms. The molecule has 1 heterocycles. The largest absolute Gasteiger partial charge is 0.371 e. The molecule has 2 nitrogen and oxygen atoms in total. The van der Waals surface area contributed by atoms with E-state index in [2.05, 4.69) is 43.0 Å². The Balaban J connectivity index is 1.98. The van der Waals surface area contributed by atoms with E-state index >= 15 is 0 Å². The predicted molar refractivity (Wildman–Crippen MR) is 88.2 cm³/mol. The number of hydrogen-bond acceptors (Lipinski definition) is 2. The van der Waals surface area contributed by atoms with Crippen LogP contribution in [0.5, 0.6) is 0 Å². The van der Waals surface area contributed by atoms with Crippen LogP contribution < -0.4 is 10.6 Å². The number of benzene rings is 1. The van der Waals surface area contributed by atoms with E-state index in [9.17, 15) is 0 Å². The van der Waals surface area contributed by atoms with Gasteiger partial charge in [0.15, 0.2) is 0 Å². The number of nitrogens with two attached hydrogens (primary N) is 1. The fourth-order valence-electron chi connectivity index (χ4n) is 3.34. The van der Waals surface area contributed by atoms with Crippen molar-refractivity contribution in [3.63, 3.8) is 0 Å². The third kappa shape index (κ3) is 4.24. The highest BCUT2D eigenvalue weighted by molar-refractivity contribution is 5.54. The molecule has 2 heteroatoms. The minimum Gasteiger partial charge on any atom is -0.371 e. The van der Waals surface area contributed by atoms with Gasteiger partial charge in [0.25, 0.3) is 0 Å². The molecule has 1 unspecified atom stereocenters. The number of aryl methyl sites for hydroxylation is 1. The summed E-state index contributed by atoms with van der Waals surface area (Å²) in [6, 6.07) is 8.93. The average Bonchev–Trinajstić information content (AvgIpc) is 2.65. The Bertz CT molecular complexity index is 400. The van der Waals surface area contributed by atoms with E-state index in [0.717, 1.165) is 19.0 Å². The van der Waals surface area contributed by atoms with Crippen LogP contribution in [-0.4, -0.2) is 19.6 Å². The lowest BCUT2D eigenvalue weighted by Gasteiger charge is -2.27. The van der Waals surface area contributed by atoms with Gasteiger partial charge in [0, 0.05) is 18.8 Å². The van der Waals surface area contributed by atoms with Crippen molar-refractivity contribution in [3.8, 4) is 0 Å². The molecule has 0 spiro atoms. The normalized spacial score (nSPS) is 16.9. The molecule has 0 saturated heterocycles. The maximum Gasteiger partial charge on any atom is 0.0398 e. The molecule has 0 aromatic heterocycles. The molecule has 0 fully saturated rings. The molecule has 112 valence electrons. The van der Waals surface area contributed by atoms with Crippen molar-refractivity contribution in [2.24, 2.45) is 17.6 Å². The lowest BCUT2D eigenvalue weighted by molar-refractivity contribution is 0.394. The Morgan fingerprint density at radius 3 is 2.75 bits per heavy atom. The zero-order valence-electron chi connectivity index (χ0n) is 13.1. The number of nitrogens with zero attached hydrogens (tertiary/aromatic N) is 1. The molecule has 2 N–H and O–H groups in total. The summed E-state index contributed by atoms with van der Waals surface area (Å²) < 4.78 is 0. The Kier molecular flexibility index (Phi) is 5.90. The number of fused-ring (bicyclic) bond motifs is 1. The summed E-state index contributed by atoms with van der Waals surface area (Å²) in [5.41, 5.74) is 8.93. The van der Waals surface area contributed by atoms with E-state index in [1.54, 1.807) is 0 Å². The van der Waals surface area contributed by atoms with Crippen molar-refractivity contribution >= 4 is 5.69 Å². The van der Waals surface area contributed by atoms with Crippen LogP contribution in [0.2, 0.25) is 0 Å². The second kappa shape index (κ2) is 7.68. The second-order valence-corrected chi connectivity index (χ2v) is 6.59. The van der Waals surface area contributed by atoms with Crippen LogP contribution >= 0.6 is 0 Å². The van der Waals surface area contributed by atoms with E-state index in [0.29, 0.717) is 5.92 Å². The van der Waals surface area contributed by atoms with Crippen molar-refractivity contribution in [2.45, 2.75) is 46.0 Å². The minimum atomic E-state index is 0.672. The van der Waals surface area contributed by atoms with E-state index in [4.69, 9.17) is 5.73 Å². The van der Waals surface area contributed by atoms with Gasteiger partial charge in [-0.15, -0.1) is 0 Å². The molecular formula is C18H30N2. The van der Waals surface area contributed by atoms with Crippen LogP contribution in [0.4, 0.5) is 5.69 Å². The van der Waals surface area contributed by atoms with Gasteiger partial charge in [-0.2, -0.15) is 0 Å². The molecule has 1 aromatic rings. The van der Waals surface area contributed by atoms with Gasteiger partial charge in [0.1, 0.15) is 0 Å². The third-order valence-corrected chi connectivity index (χ3v) is 4.40. The first-order valence-corrected chi connectivity index (χ1v) is 8.23. The smallest absolute Gasteiger partial charge is 0.0398 e. The number of hydrogen-bond donors (Lipinski definition) is 1. The first-order valence-electron chi connectivity index (χ1n) is 8.23. The molecule has 20 heavy (non-hydrogen) atoms. The molecule has 2 rings (SSSR count). The van der Waals surface area contributed by atoms with Crippen LogP contribution in [0.1, 0.15) is 45.1 Å². The van der Waals surface area contributed by atoms with Gasteiger partial charge in [0.2, 0.25) is 0 Å². The van der Waals surface area contributed by atoms with Crippen LogP contribution in [0.25, 0.3) is 0 Å². The lowest BCUT2D eigenvalue weighted by Crippen LogP contribution is -2.29. The second-order valence-electron chi connectivity index (χ2n) is 6.59. The number of anilines is 1. The lowest BCUT2D eigenvalue weighted by atomic mass is 9.94. The van der Waals surface area contributed by atoms with Crippen LogP contribution in [0.3, 0.4) is 0 Å². The quantitative estimate of drug-likeness (QED) is 0.854. The molecule has 1 atom stereocenters. The summed E-state index contributed by atoms with van der Waals surface area (Å²) >= 11 is 0. The topological polar surface area (TPSA) is 29.3 Å². The molecular weight excluding hydrogens is 244 g/mol. The molecule has 0 amide bonds. The van der Waals surface area contributed by atoms with Gasteiger partial charge in [-0.25, -0.2) is 0 Å². The maximum absolute atomic E-state index is 5.94. The highest BCUT2D eigenvalue weighted by Crippen LogP contribution is 2.27. The third-order valence-electron chi connectivity index (χ3n) is 4.40. The molecule has 1 aliphatic heterocycles. The van der Waals surface area contributed by atoms with Crippen LogP contribution in [-0.2, 0) is 6.42 Å². The summed E-state index contributed by atoms with van der Waals surface area (Å²) in [5.74, 6) is 1.42. The zero-order valence-corrected chi connectivity index (χ0v) is 13.1. The molecule has 0 saturated carbocycles. The van der Waals surface area contributed by atoms with Gasteiger partial charge in [-0.1, -0.05) is 32.0 Å². The summed E-state index contributed by atoms with van der Waals surface area (Å²) in [6.45, 7) is 7.78. The Morgan fingerprint density at radius 1 is 1.20 bits per heavy atom. The van der Waals surface area contributed by atoms with Gasteiger partial charge in [-0.3, -0.25) is 0 Å². The van der Waals surface area contributed by atoms with Gasteiger partial charge < -0.3 is 10.6 Å². The summed E-state index contributed by atoms with van der Waals surface area (Å²) in [7, 11) is 0. The highest BCUT2D eigenvalue weighted by atomic mass is 15.1.